The smallest absolute Gasteiger partial charge is 0.348 e. The van der Waals surface area contributed by atoms with Crippen LogP contribution in [0.25, 0.3) is 17.0 Å². The molecule has 0 saturated carbocycles. The zero-order valence-electron chi connectivity index (χ0n) is 18.2. The van der Waals surface area contributed by atoms with Gasteiger partial charge in [-0.1, -0.05) is 39.0 Å². The van der Waals surface area contributed by atoms with Crippen LogP contribution in [0.4, 0.5) is 0 Å². The molecule has 0 amide bonds. The molecule has 1 aromatic heterocycles. The number of nitrogens with zero attached hydrogens (tertiary/aromatic N) is 1. The Bertz CT molecular complexity index is 1030. The van der Waals surface area contributed by atoms with E-state index in [2.05, 4.69) is 0 Å². The van der Waals surface area contributed by atoms with Gasteiger partial charge in [-0.2, -0.15) is 0 Å². The molecular weight excluding hydrogens is 386 g/mol. The van der Waals surface area contributed by atoms with Crippen LogP contribution in [0.3, 0.4) is 0 Å². The number of ether oxygens (including phenoxy) is 3. The Morgan fingerprint density at radius 3 is 2.33 bits per heavy atom. The minimum Gasteiger partial charge on any atom is -0.465 e. The molecular formula is C23H27NO6. The lowest BCUT2D eigenvalue weighted by Gasteiger charge is -2.42. The number of fused-ring (bicyclic) bond motifs is 1. The van der Waals surface area contributed by atoms with E-state index in [4.69, 9.17) is 14.2 Å². The Kier molecular flexibility index (Phi) is 5.50. The SMILES string of the molecule is CCOC(=O)Cn1c(C)c(C=C2C(=O)OC(C)(C(C)(C)C)OC2=O)c2ccccc21. The number of hydrogen-bond acceptors (Lipinski definition) is 6. The fourth-order valence-electron chi connectivity index (χ4n) is 3.32. The average molecular weight is 413 g/mol. The highest BCUT2D eigenvalue weighted by molar-refractivity contribution is 6.19. The molecule has 1 aromatic carbocycles. The van der Waals surface area contributed by atoms with Gasteiger partial charge in [-0.05, 0) is 26.0 Å². The number of carbonyl (C=O) groups excluding carboxylic acids is 3. The van der Waals surface area contributed by atoms with Crippen molar-refractivity contribution in [3.8, 4) is 0 Å². The van der Waals surface area contributed by atoms with E-state index in [0.717, 1.165) is 16.6 Å². The maximum atomic E-state index is 12.7. The molecule has 0 atom stereocenters. The van der Waals surface area contributed by atoms with Crippen LogP contribution in [0.1, 0.15) is 45.9 Å². The van der Waals surface area contributed by atoms with E-state index < -0.39 is 23.1 Å². The Morgan fingerprint density at radius 2 is 1.77 bits per heavy atom. The third kappa shape index (κ3) is 3.72. The fourth-order valence-corrected chi connectivity index (χ4v) is 3.32. The van der Waals surface area contributed by atoms with Crippen LogP contribution in [-0.4, -0.2) is 34.9 Å². The number of aromatic nitrogens is 1. The first-order chi connectivity index (χ1) is 14.0. The Hall–Kier alpha value is -3.09. The van der Waals surface area contributed by atoms with Crippen molar-refractivity contribution in [2.24, 2.45) is 5.41 Å². The number of hydrogen-bond donors (Lipinski definition) is 0. The topological polar surface area (TPSA) is 83.8 Å². The first-order valence-corrected chi connectivity index (χ1v) is 9.90. The van der Waals surface area contributed by atoms with Gasteiger partial charge in [-0.15, -0.1) is 0 Å². The summed E-state index contributed by atoms with van der Waals surface area (Å²) in [6.07, 6.45) is 1.48. The van der Waals surface area contributed by atoms with Crippen LogP contribution in [0.5, 0.6) is 0 Å². The van der Waals surface area contributed by atoms with Crippen molar-refractivity contribution in [2.45, 2.75) is 53.9 Å². The molecule has 0 aliphatic carbocycles. The minimum absolute atomic E-state index is 0.0281. The van der Waals surface area contributed by atoms with Crippen molar-refractivity contribution in [3.05, 3.63) is 41.1 Å². The van der Waals surface area contributed by atoms with Gasteiger partial charge in [0.25, 0.3) is 5.79 Å². The molecule has 7 nitrogen and oxygen atoms in total. The van der Waals surface area contributed by atoms with Crippen molar-refractivity contribution < 1.29 is 28.6 Å². The van der Waals surface area contributed by atoms with Gasteiger partial charge in [-0.3, -0.25) is 4.79 Å². The van der Waals surface area contributed by atoms with E-state index in [-0.39, 0.29) is 24.7 Å². The third-order valence-corrected chi connectivity index (χ3v) is 5.54. The summed E-state index contributed by atoms with van der Waals surface area (Å²) in [6.45, 7) is 11.0. The molecule has 0 spiro atoms. The quantitative estimate of drug-likeness (QED) is 0.431. The highest BCUT2D eigenvalue weighted by Gasteiger charge is 2.50. The molecule has 0 radical (unpaired) electrons. The van der Waals surface area contributed by atoms with Crippen LogP contribution in [0.15, 0.2) is 29.8 Å². The van der Waals surface area contributed by atoms with Gasteiger partial charge in [0.15, 0.2) is 0 Å². The maximum absolute atomic E-state index is 12.7. The molecule has 0 N–H and O–H groups in total. The van der Waals surface area contributed by atoms with Gasteiger partial charge < -0.3 is 18.8 Å². The summed E-state index contributed by atoms with van der Waals surface area (Å²) >= 11 is 0. The van der Waals surface area contributed by atoms with E-state index in [0.29, 0.717) is 5.56 Å². The summed E-state index contributed by atoms with van der Waals surface area (Å²) in [4.78, 5) is 37.5. The monoisotopic (exact) mass is 413 g/mol. The predicted molar refractivity (Wildman–Crippen MR) is 111 cm³/mol. The highest BCUT2D eigenvalue weighted by Crippen LogP contribution is 2.39. The molecule has 160 valence electrons. The van der Waals surface area contributed by atoms with Gasteiger partial charge >= 0.3 is 17.9 Å². The molecule has 2 aromatic rings. The number of rotatable bonds is 4. The summed E-state index contributed by atoms with van der Waals surface area (Å²) in [5.74, 6) is -3.18. The molecule has 0 unspecified atom stereocenters. The molecule has 3 rings (SSSR count). The van der Waals surface area contributed by atoms with E-state index in [9.17, 15) is 14.4 Å². The highest BCUT2D eigenvalue weighted by atomic mass is 16.7. The summed E-state index contributed by atoms with van der Waals surface area (Å²) < 4.78 is 17.9. The number of para-hydroxylation sites is 1. The van der Waals surface area contributed by atoms with Crippen LogP contribution >= 0.6 is 0 Å². The molecule has 1 saturated heterocycles. The van der Waals surface area contributed by atoms with Crippen molar-refractivity contribution in [2.75, 3.05) is 6.61 Å². The molecule has 7 heteroatoms. The Morgan fingerprint density at radius 1 is 1.17 bits per heavy atom. The first-order valence-electron chi connectivity index (χ1n) is 9.90. The van der Waals surface area contributed by atoms with Crippen LogP contribution in [-0.2, 0) is 35.1 Å². The molecule has 2 heterocycles. The van der Waals surface area contributed by atoms with Gasteiger partial charge in [0.05, 0.1) is 6.61 Å². The zero-order valence-corrected chi connectivity index (χ0v) is 18.2. The standard InChI is InChI=1S/C23H27NO6/c1-7-28-19(25)13-24-14(2)16(15-10-8-9-11-18(15)24)12-17-20(26)29-23(6,22(3,4)5)30-21(17)27/h8-12H,7,13H2,1-6H3. The van der Waals surface area contributed by atoms with E-state index >= 15 is 0 Å². The predicted octanol–water partition coefficient (Wildman–Crippen LogP) is 3.76. The molecule has 0 bridgehead atoms. The fraction of sp³-hybridized carbons (Fsp3) is 0.435. The van der Waals surface area contributed by atoms with Crippen molar-refractivity contribution in [1.29, 1.82) is 0 Å². The van der Waals surface area contributed by atoms with Gasteiger partial charge in [-0.25, -0.2) is 9.59 Å². The summed E-state index contributed by atoms with van der Waals surface area (Å²) in [6, 6.07) is 7.46. The third-order valence-electron chi connectivity index (χ3n) is 5.54. The lowest BCUT2D eigenvalue weighted by Crippen LogP contribution is -2.52. The number of carbonyl (C=O) groups is 3. The average Bonchev–Trinajstić information content (AvgIpc) is 2.89. The van der Waals surface area contributed by atoms with E-state index in [1.165, 1.54) is 6.08 Å². The van der Waals surface area contributed by atoms with Crippen molar-refractivity contribution >= 4 is 34.9 Å². The lowest BCUT2D eigenvalue weighted by molar-refractivity contribution is -0.261. The van der Waals surface area contributed by atoms with E-state index in [1.807, 2.05) is 52.0 Å². The second-order valence-corrected chi connectivity index (χ2v) is 8.44. The number of cyclic esters (lactones) is 2. The van der Waals surface area contributed by atoms with E-state index in [1.54, 1.807) is 18.4 Å². The molecule has 1 aliphatic rings. The van der Waals surface area contributed by atoms with Crippen LogP contribution in [0.2, 0.25) is 0 Å². The minimum atomic E-state index is -1.36. The van der Waals surface area contributed by atoms with Crippen LogP contribution in [0, 0.1) is 12.3 Å². The van der Waals surface area contributed by atoms with Crippen molar-refractivity contribution in [3.63, 3.8) is 0 Å². The second kappa shape index (κ2) is 7.63. The van der Waals surface area contributed by atoms with Gasteiger partial charge in [0, 0.05) is 34.5 Å². The molecule has 1 fully saturated rings. The second-order valence-electron chi connectivity index (χ2n) is 8.44. The summed E-state index contributed by atoms with van der Waals surface area (Å²) in [5.41, 5.74) is 1.40. The zero-order chi connectivity index (χ0) is 22.3. The normalized spacial score (nSPS) is 19.5. The number of benzene rings is 1. The maximum Gasteiger partial charge on any atom is 0.348 e. The first kappa shape index (κ1) is 21.6. The van der Waals surface area contributed by atoms with Gasteiger partial charge in [0.1, 0.15) is 12.1 Å². The number of esters is 3. The largest absolute Gasteiger partial charge is 0.465 e. The molecule has 30 heavy (non-hydrogen) atoms. The Balaban J connectivity index is 2.07. The van der Waals surface area contributed by atoms with Crippen LogP contribution < -0.4 is 0 Å². The summed E-state index contributed by atoms with van der Waals surface area (Å²) in [5, 5.41) is 0.802. The molecule has 1 aliphatic heterocycles. The summed E-state index contributed by atoms with van der Waals surface area (Å²) in [7, 11) is 0. The van der Waals surface area contributed by atoms with Gasteiger partial charge in [0.2, 0.25) is 0 Å². The van der Waals surface area contributed by atoms with Crippen molar-refractivity contribution in [1.82, 2.24) is 4.57 Å². The lowest BCUT2D eigenvalue weighted by atomic mass is 9.85. The Labute approximate surface area is 175 Å².